The number of piperidine rings is 1. The molecule has 1 amide bonds. The molecular weight excluding hydrogens is 357 g/mol. The molecule has 0 aromatic heterocycles. The Morgan fingerprint density at radius 2 is 1.79 bits per heavy atom. The smallest absolute Gasteiger partial charge is 0.253 e. The molecule has 2 heterocycles. The Morgan fingerprint density at radius 1 is 1.11 bits per heavy atom. The van der Waals surface area contributed by atoms with Gasteiger partial charge in [0.1, 0.15) is 5.82 Å². The first kappa shape index (κ1) is 18.6. The minimum Gasteiger partial charge on any atom is -0.390 e. The molecule has 0 spiro atoms. The number of amides is 1. The lowest BCUT2D eigenvalue weighted by atomic mass is 9.84. The highest BCUT2D eigenvalue weighted by atomic mass is 19.1. The van der Waals surface area contributed by atoms with Gasteiger partial charge in [0.15, 0.2) is 0 Å². The highest BCUT2D eigenvalue weighted by Gasteiger charge is 2.38. The molecule has 28 heavy (non-hydrogen) atoms. The Morgan fingerprint density at radius 3 is 2.46 bits per heavy atom. The van der Waals surface area contributed by atoms with Gasteiger partial charge in [-0.3, -0.25) is 9.80 Å². The van der Waals surface area contributed by atoms with Crippen molar-refractivity contribution in [2.45, 2.75) is 37.3 Å². The van der Waals surface area contributed by atoms with Crippen molar-refractivity contribution in [1.29, 1.82) is 0 Å². The second-order valence-corrected chi connectivity index (χ2v) is 7.60. The Kier molecular flexibility index (Phi) is 5.13. The largest absolute Gasteiger partial charge is 0.390 e. The number of benzene rings is 2. The van der Waals surface area contributed by atoms with Crippen LogP contribution in [-0.2, 0) is 0 Å². The number of rotatable bonds is 4. The van der Waals surface area contributed by atoms with E-state index >= 15 is 0 Å². The van der Waals surface area contributed by atoms with Gasteiger partial charge in [0.25, 0.3) is 5.91 Å². The molecule has 1 N–H and O–H groups in total. The van der Waals surface area contributed by atoms with Gasteiger partial charge < -0.3 is 10.0 Å². The Labute approximate surface area is 164 Å². The molecule has 0 saturated carbocycles. The maximum Gasteiger partial charge on any atom is 0.253 e. The summed E-state index contributed by atoms with van der Waals surface area (Å²) in [6.45, 7) is 1.07. The first-order chi connectivity index (χ1) is 13.5. The third-order valence-electron chi connectivity index (χ3n) is 5.64. The van der Waals surface area contributed by atoms with E-state index < -0.39 is 5.60 Å². The van der Waals surface area contributed by atoms with Gasteiger partial charge in [-0.1, -0.05) is 18.2 Å². The molecule has 0 bridgehead atoms. The standard InChI is InChI=1S/C22H24FN3O2/c23-18-6-8-19(9-7-18)26-20(10-13-24-26)16-22(28)11-14-25(15-12-22)21(27)17-4-2-1-3-5-17/h1-9,13,20,28H,10-12,14-16H2. The molecule has 5 nitrogen and oxygen atoms in total. The monoisotopic (exact) mass is 381 g/mol. The van der Waals surface area contributed by atoms with Gasteiger partial charge in [0.05, 0.1) is 17.3 Å². The van der Waals surface area contributed by atoms with E-state index in [9.17, 15) is 14.3 Å². The van der Waals surface area contributed by atoms with Crippen molar-refractivity contribution in [3.05, 3.63) is 66.0 Å². The molecule has 1 saturated heterocycles. The van der Waals surface area contributed by atoms with Crippen LogP contribution in [0.4, 0.5) is 10.1 Å². The first-order valence-electron chi connectivity index (χ1n) is 9.68. The fraction of sp³-hybridized carbons (Fsp3) is 0.364. The van der Waals surface area contributed by atoms with Crippen LogP contribution in [0.1, 0.15) is 36.0 Å². The number of hydrogen-bond acceptors (Lipinski definition) is 4. The average molecular weight is 381 g/mol. The molecule has 1 fully saturated rings. The van der Waals surface area contributed by atoms with Crippen molar-refractivity contribution in [3.63, 3.8) is 0 Å². The van der Waals surface area contributed by atoms with Crippen molar-refractivity contribution in [1.82, 2.24) is 4.90 Å². The lowest BCUT2D eigenvalue weighted by molar-refractivity contribution is -0.0268. The van der Waals surface area contributed by atoms with Crippen molar-refractivity contribution in [2.75, 3.05) is 18.1 Å². The highest BCUT2D eigenvalue weighted by Crippen LogP contribution is 2.33. The number of carbonyl (C=O) groups excluding carboxylic acids is 1. The molecule has 0 aliphatic carbocycles. The van der Waals surface area contributed by atoms with E-state index in [4.69, 9.17) is 0 Å². The van der Waals surface area contributed by atoms with Gasteiger partial charge in [-0.05, 0) is 55.7 Å². The van der Waals surface area contributed by atoms with Crippen LogP contribution >= 0.6 is 0 Å². The Bertz CT molecular complexity index is 846. The zero-order valence-electron chi connectivity index (χ0n) is 15.7. The summed E-state index contributed by atoms with van der Waals surface area (Å²) in [6.07, 6.45) is 4.23. The van der Waals surface area contributed by atoms with Gasteiger partial charge in [0, 0.05) is 31.3 Å². The van der Waals surface area contributed by atoms with Gasteiger partial charge in [-0.15, -0.1) is 0 Å². The van der Waals surface area contributed by atoms with Crippen LogP contribution in [0.3, 0.4) is 0 Å². The van der Waals surface area contributed by atoms with Crippen molar-refractivity contribution < 1.29 is 14.3 Å². The second kappa shape index (κ2) is 7.72. The van der Waals surface area contributed by atoms with E-state index in [1.807, 2.05) is 46.5 Å². The van der Waals surface area contributed by atoms with E-state index in [-0.39, 0.29) is 17.8 Å². The summed E-state index contributed by atoms with van der Waals surface area (Å²) in [7, 11) is 0. The molecule has 2 aromatic rings. The molecule has 2 aliphatic rings. The fourth-order valence-electron chi connectivity index (χ4n) is 4.02. The quantitative estimate of drug-likeness (QED) is 0.883. The Balaban J connectivity index is 1.38. The molecule has 2 aliphatic heterocycles. The SMILES string of the molecule is O=C(c1ccccc1)N1CCC(O)(CC2CC=NN2c2ccc(F)cc2)CC1. The lowest BCUT2D eigenvalue weighted by Crippen LogP contribution is -2.49. The zero-order valence-corrected chi connectivity index (χ0v) is 15.7. The number of hydrazone groups is 1. The van der Waals surface area contributed by atoms with Crippen molar-refractivity contribution >= 4 is 17.8 Å². The summed E-state index contributed by atoms with van der Waals surface area (Å²) >= 11 is 0. The predicted molar refractivity (Wildman–Crippen MR) is 107 cm³/mol. The van der Waals surface area contributed by atoms with Crippen LogP contribution in [-0.4, -0.2) is 46.9 Å². The van der Waals surface area contributed by atoms with E-state index in [1.54, 1.807) is 12.1 Å². The number of nitrogens with zero attached hydrogens (tertiary/aromatic N) is 3. The van der Waals surface area contributed by atoms with Crippen LogP contribution in [0, 0.1) is 5.82 Å². The van der Waals surface area contributed by atoms with Gasteiger partial charge in [-0.25, -0.2) is 4.39 Å². The van der Waals surface area contributed by atoms with Crippen molar-refractivity contribution in [3.8, 4) is 0 Å². The second-order valence-electron chi connectivity index (χ2n) is 7.60. The average Bonchev–Trinajstić information content (AvgIpc) is 3.17. The van der Waals surface area contributed by atoms with Crippen LogP contribution in [0.15, 0.2) is 59.7 Å². The molecule has 2 aromatic carbocycles. The van der Waals surface area contributed by atoms with Crippen molar-refractivity contribution in [2.24, 2.45) is 5.10 Å². The predicted octanol–water partition coefficient (Wildman–Crippen LogP) is 3.45. The number of anilines is 1. The molecule has 4 rings (SSSR count). The third kappa shape index (κ3) is 3.92. The molecule has 6 heteroatoms. The summed E-state index contributed by atoms with van der Waals surface area (Å²) in [5.41, 5.74) is 0.671. The number of likely N-dealkylation sites (tertiary alicyclic amines) is 1. The fourth-order valence-corrected chi connectivity index (χ4v) is 4.02. The van der Waals surface area contributed by atoms with E-state index in [0.29, 0.717) is 37.9 Å². The maximum absolute atomic E-state index is 13.2. The van der Waals surface area contributed by atoms with E-state index in [2.05, 4.69) is 5.10 Å². The summed E-state index contributed by atoms with van der Waals surface area (Å²) < 4.78 is 13.2. The maximum atomic E-state index is 13.2. The molecular formula is C22H24FN3O2. The van der Waals surface area contributed by atoms with Gasteiger partial charge >= 0.3 is 0 Å². The van der Waals surface area contributed by atoms with Gasteiger partial charge in [-0.2, -0.15) is 5.10 Å². The third-order valence-corrected chi connectivity index (χ3v) is 5.64. The minimum atomic E-state index is -0.829. The molecule has 1 unspecified atom stereocenters. The van der Waals surface area contributed by atoms with Crippen LogP contribution in [0.25, 0.3) is 0 Å². The molecule has 0 radical (unpaired) electrons. The Hall–Kier alpha value is -2.73. The summed E-state index contributed by atoms with van der Waals surface area (Å²) in [6, 6.07) is 15.5. The van der Waals surface area contributed by atoms with Crippen LogP contribution in [0.2, 0.25) is 0 Å². The molecule has 146 valence electrons. The number of carbonyl (C=O) groups is 1. The van der Waals surface area contributed by atoms with E-state index in [0.717, 1.165) is 12.1 Å². The van der Waals surface area contributed by atoms with Crippen LogP contribution < -0.4 is 5.01 Å². The summed E-state index contributed by atoms with van der Waals surface area (Å²) in [4.78, 5) is 14.4. The highest BCUT2D eigenvalue weighted by molar-refractivity contribution is 5.94. The summed E-state index contributed by atoms with van der Waals surface area (Å²) in [5.74, 6) is -0.266. The lowest BCUT2D eigenvalue weighted by Gasteiger charge is -2.40. The topological polar surface area (TPSA) is 56.1 Å². The number of halogens is 1. The van der Waals surface area contributed by atoms with Gasteiger partial charge in [0.2, 0.25) is 0 Å². The van der Waals surface area contributed by atoms with E-state index in [1.165, 1.54) is 12.1 Å². The zero-order chi connectivity index (χ0) is 19.6. The summed E-state index contributed by atoms with van der Waals surface area (Å²) in [5, 5.41) is 17.4. The minimum absolute atomic E-state index is 0.0137. The number of hydrogen-bond donors (Lipinski definition) is 1. The molecule has 1 atom stereocenters. The van der Waals surface area contributed by atoms with Crippen LogP contribution in [0.5, 0.6) is 0 Å². The number of aliphatic hydroxyl groups is 1. The first-order valence-corrected chi connectivity index (χ1v) is 9.68. The normalized spacial score (nSPS) is 21.1.